The van der Waals surface area contributed by atoms with Crippen molar-refractivity contribution >= 4 is 27.3 Å². The number of aliphatic imine (C=N–C) groups is 1. The van der Waals surface area contributed by atoms with Crippen LogP contribution in [0.4, 0.5) is 10.2 Å². The van der Waals surface area contributed by atoms with Crippen LogP contribution in [0.5, 0.6) is 0 Å². The highest BCUT2D eigenvalue weighted by Gasteiger charge is 2.21. The van der Waals surface area contributed by atoms with Crippen LogP contribution in [0.1, 0.15) is 18.5 Å². The first-order chi connectivity index (χ1) is 14.7. The summed E-state index contributed by atoms with van der Waals surface area (Å²) in [5.74, 6) is -0.448. The zero-order chi connectivity index (χ0) is 22.6. The van der Waals surface area contributed by atoms with Gasteiger partial charge in [-0.3, -0.25) is 9.55 Å². The number of rotatable bonds is 7. The van der Waals surface area contributed by atoms with Crippen molar-refractivity contribution in [1.29, 1.82) is 0 Å². The lowest BCUT2D eigenvalue weighted by atomic mass is 10.2. The molecule has 3 rings (SSSR count). The molecule has 0 aliphatic carbocycles. The number of nitrogens with two attached hydrogens (primary N) is 1. The van der Waals surface area contributed by atoms with E-state index in [1.165, 1.54) is 23.3 Å². The van der Waals surface area contributed by atoms with Crippen LogP contribution in [0.3, 0.4) is 0 Å². The molecular weight excluding hydrogens is 427 g/mol. The number of aromatic nitrogens is 3. The molecule has 0 unspecified atom stereocenters. The molecular formula is C19H21FN6O4S. The van der Waals surface area contributed by atoms with Gasteiger partial charge in [-0.15, -0.1) is 0 Å². The minimum absolute atomic E-state index is 0. The van der Waals surface area contributed by atoms with Gasteiger partial charge in [0.1, 0.15) is 17.8 Å². The number of anilines is 1. The molecule has 0 spiro atoms. The van der Waals surface area contributed by atoms with Crippen molar-refractivity contribution in [2.45, 2.75) is 11.4 Å². The molecule has 3 aromatic rings. The summed E-state index contributed by atoms with van der Waals surface area (Å²) < 4.78 is 51.3. The van der Waals surface area contributed by atoms with Crippen molar-refractivity contribution in [3.63, 3.8) is 0 Å². The largest absolute Gasteiger partial charge is 0.396 e. The highest BCUT2D eigenvalue weighted by atomic mass is 32.2. The van der Waals surface area contributed by atoms with Crippen LogP contribution >= 0.6 is 0 Å². The van der Waals surface area contributed by atoms with Crippen molar-refractivity contribution in [2.75, 3.05) is 19.0 Å². The van der Waals surface area contributed by atoms with E-state index in [-0.39, 0.29) is 31.0 Å². The second kappa shape index (κ2) is 9.02. The van der Waals surface area contributed by atoms with Crippen LogP contribution in [-0.2, 0) is 16.7 Å². The molecule has 3 N–H and O–H groups in total. The molecule has 0 aliphatic heterocycles. The van der Waals surface area contributed by atoms with Crippen molar-refractivity contribution in [1.82, 2.24) is 15.1 Å². The van der Waals surface area contributed by atoms with Gasteiger partial charge in [-0.1, -0.05) is 23.4 Å². The van der Waals surface area contributed by atoms with E-state index in [4.69, 9.17) is 10.3 Å². The Kier molecular flexibility index (Phi) is 6.42. The summed E-state index contributed by atoms with van der Waals surface area (Å²) in [5, 5.41) is 3.83. The molecule has 0 radical (unpaired) electrons. The van der Waals surface area contributed by atoms with E-state index in [9.17, 15) is 17.4 Å². The van der Waals surface area contributed by atoms with Gasteiger partial charge in [0.05, 0.1) is 24.2 Å². The number of hydrogen-bond donors (Lipinski definition) is 2. The van der Waals surface area contributed by atoms with Crippen LogP contribution in [0, 0.1) is 5.82 Å². The Morgan fingerprint density at radius 2 is 2.10 bits per heavy atom. The fraction of sp³-hybridized carbons (Fsp3) is 0.158. The summed E-state index contributed by atoms with van der Waals surface area (Å²) in [5.41, 5.74) is 7.17. The molecule has 12 heteroatoms. The Morgan fingerprint density at radius 1 is 1.35 bits per heavy atom. The monoisotopic (exact) mass is 448 g/mol. The second-order valence-corrected chi connectivity index (χ2v) is 7.92. The molecule has 10 nitrogen and oxygen atoms in total. The van der Waals surface area contributed by atoms with Gasteiger partial charge in [-0.05, 0) is 12.1 Å². The van der Waals surface area contributed by atoms with E-state index < -0.39 is 20.8 Å². The van der Waals surface area contributed by atoms with Gasteiger partial charge in [0.25, 0.3) is 10.1 Å². The number of halogens is 1. The van der Waals surface area contributed by atoms with Crippen LogP contribution in [0.2, 0.25) is 0 Å². The molecule has 0 bridgehead atoms. The molecule has 1 aromatic carbocycles. The summed E-state index contributed by atoms with van der Waals surface area (Å²) >= 11 is 0. The van der Waals surface area contributed by atoms with Crippen LogP contribution < -0.4 is 10.6 Å². The molecule has 0 aliphatic rings. The van der Waals surface area contributed by atoms with E-state index in [1.807, 2.05) is 0 Å². The Labute approximate surface area is 179 Å². The van der Waals surface area contributed by atoms with E-state index in [0.717, 1.165) is 6.20 Å². The second-order valence-electron chi connectivity index (χ2n) is 6.53. The van der Waals surface area contributed by atoms with Crippen molar-refractivity contribution in [3.05, 3.63) is 71.8 Å². The Hall–Kier alpha value is -3.64. The number of benzene rings is 1. The average Bonchev–Trinajstić information content (AvgIpc) is 3.25. The molecule has 31 heavy (non-hydrogen) atoms. The molecule has 164 valence electrons. The maximum atomic E-state index is 13.9. The first-order valence-corrected chi connectivity index (χ1v) is 10.3. The standard InChI is InChI=1S/C19H19FN6O4S.H2/c1-26(2)19-17(31(27,28)29)11-23-18(24-19)14(21)9-16(15-7-8-30-25-15)22-10-12-5-3-4-6-13(12)20;/h3-9,11H,10,21H2,1-2H3,(H,27,28,29);1H/b14-9-,22-16?;. The molecule has 0 amide bonds. The van der Waals surface area contributed by atoms with E-state index in [0.29, 0.717) is 11.3 Å². The lowest BCUT2D eigenvalue weighted by Crippen LogP contribution is -2.18. The predicted molar refractivity (Wildman–Crippen MR) is 114 cm³/mol. The van der Waals surface area contributed by atoms with Crippen molar-refractivity contribution < 1.29 is 23.3 Å². The maximum absolute atomic E-state index is 13.9. The van der Waals surface area contributed by atoms with Gasteiger partial charge in [-0.2, -0.15) is 8.42 Å². The van der Waals surface area contributed by atoms with Gasteiger partial charge in [0.2, 0.25) is 0 Å². The molecule has 2 aromatic heterocycles. The fourth-order valence-electron chi connectivity index (χ4n) is 2.56. The van der Waals surface area contributed by atoms with Gasteiger partial charge < -0.3 is 15.2 Å². The predicted octanol–water partition coefficient (Wildman–Crippen LogP) is 2.15. The van der Waals surface area contributed by atoms with Crippen molar-refractivity contribution in [2.24, 2.45) is 10.7 Å². The lowest BCUT2D eigenvalue weighted by molar-refractivity contribution is 0.418. The molecule has 0 atom stereocenters. The van der Waals surface area contributed by atoms with Gasteiger partial charge in [0, 0.05) is 27.2 Å². The van der Waals surface area contributed by atoms with Crippen LogP contribution in [0.25, 0.3) is 5.70 Å². The minimum atomic E-state index is -4.53. The minimum Gasteiger partial charge on any atom is -0.396 e. The number of allylic oxidation sites excluding steroid dienone is 1. The van der Waals surface area contributed by atoms with E-state index in [2.05, 4.69) is 20.1 Å². The zero-order valence-electron chi connectivity index (χ0n) is 16.6. The lowest BCUT2D eigenvalue weighted by Gasteiger charge is -2.15. The Bertz CT molecular complexity index is 1250. The zero-order valence-corrected chi connectivity index (χ0v) is 17.4. The molecule has 0 fully saturated rings. The van der Waals surface area contributed by atoms with Crippen molar-refractivity contribution in [3.8, 4) is 0 Å². The average molecular weight is 448 g/mol. The molecule has 0 saturated heterocycles. The SMILES string of the molecule is CN(C)c1nc(/C(N)=C/C(=NCc2ccccc2F)c2ccon2)ncc1S(=O)(=O)O.[HH]. The molecule has 2 heterocycles. The van der Waals surface area contributed by atoms with Gasteiger partial charge in [-0.25, -0.2) is 14.4 Å². The molecule has 0 saturated carbocycles. The third-order valence-corrected chi connectivity index (χ3v) is 4.91. The summed E-state index contributed by atoms with van der Waals surface area (Å²) in [6.45, 7) is 0.0180. The van der Waals surface area contributed by atoms with E-state index in [1.54, 1.807) is 38.4 Å². The van der Waals surface area contributed by atoms with Crippen LogP contribution in [0.15, 0.2) is 63.3 Å². The maximum Gasteiger partial charge on any atom is 0.299 e. The topological polar surface area (TPSA) is 148 Å². The summed E-state index contributed by atoms with van der Waals surface area (Å²) in [6.07, 6.45) is 3.72. The third kappa shape index (κ3) is 5.29. The Morgan fingerprint density at radius 3 is 2.71 bits per heavy atom. The van der Waals surface area contributed by atoms with Crippen LogP contribution in [-0.4, -0.2) is 47.9 Å². The van der Waals surface area contributed by atoms with Gasteiger partial charge in [0.15, 0.2) is 16.5 Å². The first-order valence-electron chi connectivity index (χ1n) is 8.85. The smallest absolute Gasteiger partial charge is 0.299 e. The number of hydrogen-bond acceptors (Lipinski definition) is 9. The Balaban J connectivity index is 0.00000363. The normalized spacial score (nSPS) is 12.8. The highest BCUT2D eigenvalue weighted by molar-refractivity contribution is 7.86. The highest BCUT2D eigenvalue weighted by Crippen LogP contribution is 2.21. The third-order valence-electron chi connectivity index (χ3n) is 4.07. The summed E-state index contributed by atoms with van der Waals surface area (Å²) in [7, 11) is -1.43. The fourth-order valence-corrected chi connectivity index (χ4v) is 3.20. The van der Waals surface area contributed by atoms with Gasteiger partial charge >= 0.3 is 0 Å². The quantitative estimate of drug-likeness (QED) is 0.410. The van der Waals surface area contributed by atoms with E-state index >= 15 is 0 Å². The first kappa shape index (κ1) is 22.1. The summed E-state index contributed by atoms with van der Waals surface area (Å²) in [6, 6.07) is 7.76. The summed E-state index contributed by atoms with van der Waals surface area (Å²) in [4.78, 5) is 13.4. The number of nitrogens with zero attached hydrogens (tertiary/aromatic N) is 5.